The van der Waals surface area contributed by atoms with Crippen LogP contribution in [0.4, 0.5) is 30.8 Å². The molecule has 30 heavy (non-hydrogen) atoms. The Balaban J connectivity index is 0.000000187. The number of aryl methyl sites for hydroxylation is 1. The second-order valence-electron chi connectivity index (χ2n) is 6.84. The van der Waals surface area contributed by atoms with E-state index >= 15 is 0 Å². The minimum atomic E-state index is -4.35. The van der Waals surface area contributed by atoms with Crippen LogP contribution in [0, 0.1) is 6.92 Å². The van der Waals surface area contributed by atoms with Gasteiger partial charge in [0.25, 0.3) is 0 Å². The Kier molecular flexibility index (Phi) is 7.27. The Bertz CT molecular complexity index is 791. The molecule has 0 aliphatic carbocycles. The number of pyridine rings is 1. The highest BCUT2D eigenvalue weighted by Crippen LogP contribution is 2.31. The van der Waals surface area contributed by atoms with Crippen LogP contribution >= 0.6 is 0 Å². The molecule has 2 N–H and O–H groups in total. The van der Waals surface area contributed by atoms with Gasteiger partial charge in [-0.05, 0) is 24.6 Å². The van der Waals surface area contributed by atoms with Crippen LogP contribution in [0.2, 0.25) is 0 Å². The smallest absolute Gasteiger partial charge is 0.384 e. The highest BCUT2D eigenvalue weighted by atomic mass is 19.4. The lowest BCUT2D eigenvalue weighted by Gasteiger charge is -2.30. The topological polar surface area (TPSA) is 89.6 Å². The van der Waals surface area contributed by atoms with Crippen molar-refractivity contribution in [2.75, 3.05) is 68.1 Å². The summed E-state index contributed by atoms with van der Waals surface area (Å²) < 4.78 is 47.1. The molecule has 164 valence electrons. The van der Waals surface area contributed by atoms with Crippen molar-refractivity contribution in [3.05, 3.63) is 35.7 Å². The van der Waals surface area contributed by atoms with Gasteiger partial charge < -0.3 is 25.0 Å². The standard InChI is InChI=1S/C12H18N4O2.C7H7F3N2/c1-2-13-12(16-5-9-18-10-6-16)14-11(1)15-3-7-17-8-4-15;1-4-3-12-6(11)2-5(4)7(8,9)10/h1-2H,3-10H2;2-3H,1H3,(H2,11,12). The Morgan fingerprint density at radius 3 is 2.13 bits per heavy atom. The molecule has 2 aromatic rings. The normalized spacial score (nSPS) is 17.3. The summed E-state index contributed by atoms with van der Waals surface area (Å²) in [6.07, 6.45) is -1.40. The molecule has 0 bridgehead atoms. The molecule has 0 saturated carbocycles. The van der Waals surface area contributed by atoms with Crippen LogP contribution in [0.1, 0.15) is 11.1 Å². The zero-order valence-electron chi connectivity index (χ0n) is 16.7. The van der Waals surface area contributed by atoms with E-state index in [1.54, 1.807) is 0 Å². The molecular formula is C19H25F3N6O2. The SMILES string of the molecule is Cc1cnc(N)cc1C(F)(F)F.c1cc(N2CCOCC2)nc(N2CCOCC2)n1. The maximum absolute atomic E-state index is 12.1. The van der Waals surface area contributed by atoms with E-state index in [1.807, 2.05) is 12.3 Å². The lowest BCUT2D eigenvalue weighted by Crippen LogP contribution is -2.39. The predicted molar refractivity (Wildman–Crippen MR) is 106 cm³/mol. The molecule has 0 radical (unpaired) electrons. The van der Waals surface area contributed by atoms with Gasteiger partial charge in [-0.1, -0.05) is 0 Å². The number of alkyl halides is 3. The maximum atomic E-state index is 12.1. The number of ether oxygens (including phenoxy) is 2. The summed E-state index contributed by atoms with van der Waals surface area (Å²) in [5.74, 6) is 1.69. The summed E-state index contributed by atoms with van der Waals surface area (Å²) in [4.78, 5) is 17.0. The molecule has 4 rings (SSSR count). The highest BCUT2D eigenvalue weighted by Gasteiger charge is 2.32. The number of nitrogens with two attached hydrogens (primary N) is 1. The summed E-state index contributed by atoms with van der Waals surface area (Å²) in [7, 11) is 0. The van der Waals surface area contributed by atoms with Gasteiger partial charge in [-0.2, -0.15) is 18.2 Å². The zero-order chi connectivity index (χ0) is 21.6. The summed E-state index contributed by atoms with van der Waals surface area (Å²) >= 11 is 0. The van der Waals surface area contributed by atoms with Crippen LogP contribution in [0.3, 0.4) is 0 Å². The second-order valence-corrected chi connectivity index (χ2v) is 6.84. The number of nitrogens with zero attached hydrogens (tertiary/aromatic N) is 5. The highest BCUT2D eigenvalue weighted by molar-refractivity contribution is 5.44. The molecule has 0 amide bonds. The number of hydrogen-bond acceptors (Lipinski definition) is 8. The van der Waals surface area contributed by atoms with Crippen LogP contribution in [0.25, 0.3) is 0 Å². The molecule has 4 heterocycles. The monoisotopic (exact) mass is 426 g/mol. The van der Waals surface area contributed by atoms with Gasteiger partial charge in [0, 0.05) is 38.6 Å². The minimum Gasteiger partial charge on any atom is -0.384 e. The van der Waals surface area contributed by atoms with Gasteiger partial charge in [-0.15, -0.1) is 0 Å². The molecule has 0 unspecified atom stereocenters. The van der Waals surface area contributed by atoms with Gasteiger partial charge in [0.05, 0.1) is 32.0 Å². The number of hydrogen-bond donors (Lipinski definition) is 1. The van der Waals surface area contributed by atoms with E-state index in [2.05, 4.69) is 24.8 Å². The molecule has 2 saturated heterocycles. The van der Waals surface area contributed by atoms with E-state index in [1.165, 1.54) is 6.92 Å². The first-order chi connectivity index (χ1) is 14.3. The maximum Gasteiger partial charge on any atom is 0.416 e. The van der Waals surface area contributed by atoms with Crippen LogP contribution in [-0.2, 0) is 15.7 Å². The summed E-state index contributed by atoms with van der Waals surface area (Å²) in [6.45, 7) is 7.94. The van der Waals surface area contributed by atoms with Crippen molar-refractivity contribution in [2.45, 2.75) is 13.1 Å². The fourth-order valence-electron chi connectivity index (χ4n) is 3.07. The molecule has 0 spiro atoms. The first-order valence-electron chi connectivity index (χ1n) is 9.62. The Hall–Kier alpha value is -2.66. The largest absolute Gasteiger partial charge is 0.416 e. The number of rotatable bonds is 2. The lowest BCUT2D eigenvalue weighted by molar-refractivity contribution is -0.138. The average Bonchev–Trinajstić information content (AvgIpc) is 2.76. The number of aromatic nitrogens is 3. The lowest BCUT2D eigenvalue weighted by atomic mass is 10.1. The molecular weight excluding hydrogens is 401 g/mol. The first-order valence-corrected chi connectivity index (χ1v) is 9.62. The van der Waals surface area contributed by atoms with Gasteiger partial charge >= 0.3 is 6.18 Å². The molecule has 8 nitrogen and oxygen atoms in total. The van der Waals surface area contributed by atoms with Crippen molar-refractivity contribution >= 4 is 17.6 Å². The molecule has 11 heteroatoms. The van der Waals surface area contributed by atoms with E-state index in [0.717, 1.165) is 76.6 Å². The van der Waals surface area contributed by atoms with E-state index in [4.69, 9.17) is 15.2 Å². The quantitative estimate of drug-likeness (QED) is 0.781. The first kappa shape index (κ1) is 22.0. The summed E-state index contributed by atoms with van der Waals surface area (Å²) in [5.41, 5.74) is 4.47. The van der Waals surface area contributed by atoms with Crippen molar-refractivity contribution < 1.29 is 22.6 Å². The van der Waals surface area contributed by atoms with Gasteiger partial charge in [0.1, 0.15) is 11.6 Å². The zero-order valence-corrected chi connectivity index (χ0v) is 16.7. The predicted octanol–water partition coefficient (Wildman–Crippen LogP) is 2.14. The Morgan fingerprint density at radius 2 is 1.57 bits per heavy atom. The molecule has 2 aliphatic heterocycles. The van der Waals surface area contributed by atoms with Crippen molar-refractivity contribution in [2.24, 2.45) is 0 Å². The average molecular weight is 426 g/mol. The number of morpholine rings is 2. The van der Waals surface area contributed by atoms with Crippen LogP contribution in [0.15, 0.2) is 24.5 Å². The molecule has 0 aromatic carbocycles. The molecule has 2 fully saturated rings. The molecule has 2 aliphatic rings. The molecule has 0 atom stereocenters. The van der Waals surface area contributed by atoms with Crippen molar-refractivity contribution in [3.63, 3.8) is 0 Å². The van der Waals surface area contributed by atoms with E-state index in [9.17, 15) is 13.2 Å². The van der Waals surface area contributed by atoms with Gasteiger partial charge in [-0.3, -0.25) is 0 Å². The van der Waals surface area contributed by atoms with Gasteiger partial charge in [-0.25, -0.2) is 9.97 Å². The number of nitrogen functional groups attached to an aromatic ring is 1. The summed E-state index contributed by atoms with van der Waals surface area (Å²) in [5, 5.41) is 0. The third kappa shape index (κ3) is 5.92. The third-order valence-corrected chi connectivity index (χ3v) is 4.69. The Labute approximate surface area is 172 Å². The minimum absolute atomic E-state index is 0.0803. The van der Waals surface area contributed by atoms with Crippen LogP contribution < -0.4 is 15.5 Å². The van der Waals surface area contributed by atoms with E-state index in [-0.39, 0.29) is 11.4 Å². The van der Waals surface area contributed by atoms with Crippen molar-refractivity contribution in [3.8, 4) is 0 Å². The second kappa shape index (κ2) is 9.90. The number of anilines is 3. The number of halogens is 3. The molecule has 2 aromatic heterocycles. The van der Waals surface area contributed by atoms with Gasteiger partial charge in [0.2, 0.25) is 5.95 Å². The van der Waals surface area contributed by atoms with Crippen molar-refractivity contribution in [1.29, 1.82) is 0 Å². The van der Waals surface area contributed by atoms with E-state index < -0.39 is 11.7 Å². The van der Waals surface area contributed by atoms with Crippen LogP contribution in [0.5, 0.6) is 0 Å². The summed E-state index contributed by atoms with van der Waals surface area (Å²) in [6, 6.07) is 2.80. The van der Waals surface area contributed by atoms with Crippen molar-refractivity contribution in [1.82, 2.24) is 15.0 Å². The fraction of sp³-hybridized carbons (Fsp3) is 0.526. The van der Waals surface area contributed by atoms with Crippen LogP contribution in [-0.4, -0.2) is 67.6 Å². The van der Waals surface area contributed by atoms with E-state index in [0.29, 0.717) is 0 Å². The van der Waals surface area contributed by atoms with Gasteiger partial charge in [0.15, 0.2) is 0 Å². The fourth-order valence-corrected chi connectivity index (χ4v) is 3.07. The third-order valence-electron chi connectivity index (χ3n) is 4.69. The Morgan fingerprint density at radius 1 is 0.967 bits per heavy atom.